The van der Waals surface area contributed by atoms with Gasteiger partial charge in [0, 0.05) is 24.5 Å². The number of ether oxygens (including phenoxy) is 1. The Bertz CT molecular complexity index is 1080. The number of hydrogen-bond acceptors (Lipinski definition) is 4. The van der Waals surface area contributed by atoms with Gasteiger partial charge in [0.25, 0.3) is 5.91 Å². The Labute approximate surface area is 222 Å². The van der Waals surface area contributed by atoms with Crippen molar-refractivity contribution in [1.29, 1.82) is 0 Å². The highest BCUT2D eigenvalue weighted by atomic mass is 35.5. The van der Waals surface area contributed by atoms with E-state index < -0.39 is 0 Å². The SMILES string of the molecule is CC(C)C[C@@H]1COc2ccc(Cl)cc2C(=O)NCCCCN(C(=O)CCc2ccc(F)cc2)CC(=O)N1. The van der Waals surface area contributed by atoms with Crippen LogP contribution in [0.1, 0.15) is 55.5 Å². The van der Waals surface area contributed by atoms with Gasteiger partial charge in [0.1, 0.15) is 18.2 Å². The number of rotatable bonds is 5. The lowest BCUT2D eigenvalue weighted by molar-refractivity contribution is -0.136. The number of nitrogens with zero attached hydrogens (tertiary/aromatic N) is 1. The second kappa shape index (κ2) is 14.0. The Balaban J connectivity index is 1.73. The minimum Gasteiger partial charge on any atom is -0.491 e. The Morgan fingerprint density at radius 3 is 2.65 bits per heavy atom. The van der Waals surface area contributed by atoms with Gasteiger partial charge in [-0.2, -0.15) is 0 Å². The highest BCUT2D eigenvalue weighted by Gasteiger charge is 2.22. The van der Waals surface area contributed by atoms with Crippen molar-refractivity contribution < 1.29 is 23.5 Å². The molecule has 0 aliphatic carbocycles. The van der Waals surface area contributed by atoms with E-state index in [1.54, 1.807) is 35.2 Å². The molecule has 1 aliphatic heterocycles. The molecule has 0 radical (unpaired) electrons. The maximum Gasteiger partial charge on any atom is 0.255 e. The molecule has 3 amide bonds. The topological polar surface area (TPSA) is 87.7 Å². The van der Waals surface area contributed by atoms with Crippen LogP contribution in [0.3, 0.4) is 0 Å². The molecule has 2 N–H and O–H groups in total. The van der Waals surface area contributed by atoms with Gasteiger partial charge in [-0.05, 0) is 67.5 Å². The van der Waals surface area contributed by atoms with Gasteiger partial charge in [-0.3, -0.25) is 14.4 Å². The Kier molecular flexibility index (Phi) is 10.7. The molecule has 0 spiro atoms. The summed E-state index contributed by atoms with van der Waals surface area (Å²) in [6, 6.07) is 10.6. The molecule has 0 bridgehead atoms. The predicted octanol–water partition coefficient (Wildman–Crippen LogP) is 4.37. The first kappa shape index (κ1) is 28.4. The van der Waals surface area contributed by atoms with Gasteiger partial charge in [0.2, 0.25) is 11.8 Å². The summed E-state index contributed by atoms with van der Waals surface area (Å²) >= 11 is 6.12. The van der Waals surface area contributed by atoms with Crippen molar-refractivity contribution in [3.63, 3.8) is 0 Å². The van der Waals surface area contributed by atoms with Crippen LogP contribution in [0.5, 0.6) is 5.75 Å². The maximum atomic E-state index is 13.2. The summed E-state index contributed by atoms with van der Waals surface area (Å²) in [6.07, 6.45) is 2.58. The number of aryl methyl sites for hydroxylation is 1. The van der Waals surface area contributed by atoms with E-state index in [-0.39, 0.29) is 55.1 Å². The third kappa shape index (κ3) is 9.35. The van der Waals surface area contributed by atoms with Crippen molar-refractivity contribution >= 4 is 29.3 Å². The third-order valence-electron chi connectivity index (χ3n) is 6.12. The second-order valence-corrected chi connectivity index (χ2v) is 10.2. The minimum absolute atomic E-state index is 0.0601. The number of benzene rings is 2. The van der Waals surface area contributed by atoms with Gasteiger partial charge >= 0.3 is 0 Å². The van der Waals surface area contributed by atoms with Crippen LogP contribution in [0.25, 0.3) is 0 Å². The Morgan fingerprint density at radius 1 is 1.16 bits per heavy atom. The van der Waals surface area contributed by atoms with Gasteiger partial charge in [-0.1, -0.05) is 37.6 Å². The fourth-order valence-corrected chi connectivity index (χ4v) is 4.43. The van der Waals surface area contributed by atoms with Gasteiger partial charge in [-0.25, -0.2) is 4.39 Å². The fourth-order valence-electron chi connectivity index (χ4n) is 4.26. The van der Waals surface area contributed by atoms with E-state index in [0.717, 1.165) is 5.56 Å². The molecule has 1 atom stereocenters. The molecule has 2 aromatic carbocycles. The molecule has 1 aliphatic rings. The number of amides is 3. The monoisotopic (exact) mass is 531 g/mol. The zero-order chi connectivity index (χ0) is 26.8. The lowest BCUT2D eigenvalue weighted by atomic mass is 10.0. The Hall–Kier alpha value is -3.13. The standard InChI is InChI=1S/C28H35ClFN3O4/c1-19(2)15-23-18-37-25-11-8-21(29)16-24(25)28(36)31-13-3-4-14-33(17-26(34)32-23)27(35)12-7-20-5-9-22(30)10-6-20/h5-6,8-11,16,19,23H,3-4,7,12-15,17-18H2,1-2H3,(H,31,36)(H,32,34)/t23-/m1/s1. The summed E-state index contributed by atoms with van der Waals surface area (Å²) < 4.78 is 19.2. The summed E-state index contributed by atoms with van der Waals surface area (Å²) in [7, 11) is 0. The average Bonchev–Trinajstić information content (AvgIpc) is 2.85. The van der Waals surface area contributed by atoms with E-state index in [4.69, 9.17) is 16.3 Å². The number of carbonyl (C=O) groups excluding carboxylic acids is 3. The molecule has 7 nitrogen and oxygen atoms in total. The smallest absolute Gasteiger partial charge is 0.255 e. The summed E-state index contributed by atoms with van der Waals surface area (Å²) in [4.78, 5) is 40.4. The molecule has 1 heterocycles. The summed E-state index contributed by atoms with van der Waals surface area (Å²) in [6.45, 7) is 5.01. The minimum atomic E-state index is -0.324. The number of hydrogen-bond donors (Lipinski definition) is 2. The van der Waals surface area contributed by atoms with Crippen LogP contribution in [-0.2, 0) is 16.0 Å². The highest BCUT2D eigenvalue weighted by molar-refractivity contribution is 6.31. The number of carbonyl (C=O) groups is 3. The zero-order valence-electron chi connectivity index (χ0n) is 21.4. The summed E-state index contributed by atoms with van der Waals surface area (Å²) in [5, 5.41) is 6.33. The van der Waals surface area contributed by atoms with Crippen LogP contribution < -0.4 is 15.4 Å². The molecule has 0 fully saturated rings. The lowest BCUT2D eigenvalue weighted by Crippen LogP contribution is -2.46. The van der Waals surface area contributed by atoms with Gasteiger partial charge in [0.15, 0.2) is 0 Å². The average molecular weight is 532 g/mol. The molecule has 9 heteroatoms. The number of nitrogens with one attached hydrogen (secondary N) is 2. The highest BCUT2D eigenvalue weighted by Crippen LogP contribution is 2.24. The molecule has 0 saturated heterocycles. The molecule has 3 rings (SSSR count). The quantitative estimate of drug-likeness (QED) is 0.599. The van der Waals surface area contributed by atoms with Crippen molar-refractivity contribution in [2.24, 2.45) is 5.92 Å². The molecule has 200 valence electrons. The molecule has 0 aromatic heterocycles. The first-order valence-corrected chi connectivity index (χ1v) is 13.1. The van der Waals surface area contributed by atoms with Crippen LogP contribution in [0.4, 0.5) is 4.39 Å². The van der Waals surface area contributed by atoms with Crippen LogP contribution in [0.2, 0.25) is 5.02 Å². The molecule has 0 saturated carbocycles. The first-order chi connectivity index (χ1) is 17.7. The Morgan fingerprint density at radius 2 is 1.92 bits per heavy atom. The largest absolute Gasteiger partial charge is 0.491 e. The number of halogens is 2. The lowest BCUT2D eigenvalue weighted by Gasteiger charge is -2.25. The van der Waals surface area contributed by atoms with Crippen LogP contribution in [0, 0.1) is 11.7 Å². The predicted molar refractivity (Wildman–Crippen MR) is 141 cm³/mol. The van der Waals surface area contributed by atoms with Gasteiger partial charge in [-0.15, -0.1) is 0 Å². The van der Waals surface area contributed by atoms with Gasteiger partial charge < -0.3 is 20.3 Å². The van der Waals surface area contributed by atoms with Crippen LogP contribution in [-0.4, -0.2) is 54.9 Å². The number of fused-ring (bicyclic) bond motifs is 1. The molecular formula is C28H35ClFN3O4. The van der Waals surface area contributed by atoms with E-state index in [0.29, 0.717) is 55.1 Å². The van der Waals surface area contributed by atoms with E-state index >= 15 is 0 Å². The van der Waals surface area contributed by atoms with E-state index in [1.165, 1.54) is 12.1 Å². The second-order valence-electron chi connectivity index (χ2n) is 9.75. The normalized spacial score (nSPS) is 17.6. The summed E-state index contributed by atoms with van der Waals surface area (Å²) in [5.74, 6) is -0.328. The zero-order valence-corrected chi connectivity index (χ0v) is 22.2. The fraction of sp³-hybridized carbons (Fsp3) is 0.464. The van der Waals surface area contributed by atoms with Gasteiger partial charge in [0.05, 0.1) is 18.2 Å². The van der Waals surface area contributed by atoms with E-state index in [1.807, 2.05) is 13.8 Å². The van der Waals surface area contributed by atoms with Crippen molar-refractivity contribution in [2.75, 3.05) is 26.2 Å². The maximum absolute atomic E-state index is 13.2. The molecular weight excluding hydrogens is 497 g/mol. The van der Waals surface area contributed by atoms with Crippen molar-refractivity contribution in [3.8, 4) is 5.75 Å². The van der Waals surface area contributed by atoms with Crippen molar-refractivity contribution in [1.82, 2.24) is 15.5 Å². The van der Waals surface area contributed by atoms with E-state index in [9.17, 15) is 18.8 Å². The first-order valence-electron chi connectivity index (χ1n) is 12.7. The molecule has 2 aromatic rings. The summed E-state index contributed by atoms with van der Waals surface area (Å²) in [5.41, 5.74) is 1.20. The van der Waals surface area contributed by atoms with Crippen molar-refractivity contribution in [2.45, 2.75) is 52.0 Å². The van der Waals surface area contributed by atoms with Crippen LogP contribution >= 0.6 is 11.6 Å². The van der Waals surface area contributed by atoms with E-state index in [2.05, 4.69) is 10.6 Å². The third-order valence-corrected chi connectivity index (χ3v) is 6.35. The van der Waals surface area contributed by atoms with Crippen LogP contribution in [0.15, 0.2) is 42.5 Å². The molecule has 0 unspecified atom stereocenters. The van der Waals surface area contributed by atoms with Crippen molar-refractivity contribution in [3.05, 3.63) is 64.4 Å². The molecule has 37 heavy (non-hydrogen) atoms.